The van der Waals surface area contributed by atoms with Gasteiger partial charge >= 0.3 is 0 Å². The number of aromatic nitrogens is 1. The summed E-state index contributed by atoms with van der Waals surface area (Å²) >= 11 is 0. The smallest absolute Gasteiger partial charge is 0.271 e. The van der Waals surface area contributed by atoms with E-state index in [0.717, 1.165) is 61.0 Å². The van der Waals surface area contributed by atoms with E-state index in [9.17, 15) is 9.59 Å². The van der Waals surface area contributed by atoms with Gasteiger partial charge in [0.1, 0.15) is 17.0 Å². The van der Waals surface area contributed by atoms with Crippen LogP contribution in [-0.4, -0.2) is 71.6 Å². The van der Waals surface area contributed by atoms with Gasteiger partial charge in [-0.15, -0.1) is 0 Å². The van der Waals surface area contributed by atoms with E-state index in [1.165, 1.54) is 6.42 Å². The lowest BCUT2D eigenvalue weighted by Crippen LogP contribution is -2.64. The SMILES string of the molecule is COc1ccc2cc3n(c2c1)C[C@](C)(C(=O)NCCCN1C[C@H](C)C[C@H](C)C1)N(CCC(C)C)C3=O. The van der Waals surface area contributed by atoms with Gasteiger partial charge in [-0.2, -0.15) is 0 Å². The second-order valence-corrected chi connectivity index (χ2v) is 11.8. The number of rotatable bonds is 9. The Labute approximate surface area is 216 Å². The molecule has 3 atom stereocenters. The van der Waals surface area contributed by atoms with Crippen molar-refractivity contribution in [1.82, 2.24) is 19.7 Å². The number of fused-ring (bicyclic) bond motifs is 3. The van der Waals surface area contributed by atoms with E-state index in [1.54, 1.807) is 7.11 Å². The lowest BCUT2D eigenvalue weighted by atomic mass is 9.92. The van der Waals surface area contributed by atoms with Gasteiger partial charge in [0.2, 0.25) is 5.91 Å². The zero-order chi connectivity index (χ0) is 26.0. The third-order valence-electron chi connectivity index (χ3n) is 7.94. The number of hydrogen-bond donors (Lipinski definition) is 1. The first kappa shape index (κ1) is 26.5. The highest BCUT2D eigenvalue weighted by Crippen LogP contribution is 2.34. The molecule has 0 bridgehead atoms. The molecule has 36 heavy (non-hydrogen) atoms. The number of nitrogens with one attached hydrogen (secondary N) is 1. The summed E-state index contributed by atoms with van der Waals surface area (Å²) in [7, 11) is 1.64. The molecule has 1 fully saturated rings. The highest BCUT2D eigenvalue weighted by atomic mass is 16.5. The third-order valence-corrected chi connectivity index (χ3v) is 7.94. The van der Waals surface area contributed by atoms with Crippen LogP contribution in [0.25, 0.3) is 10.9 Å². The zero-order valence-corrected chi connectivity index (χ0v) is 23.0. The fourth-order valence-electron chi connectivity index (χ4n) is 6.06. The Balaban J connectivity index is 1.51. The molecule has 1 N–H and O–H groups in total. The Kier molecular flexibility index (Phi) is 7.98. The van der Waals surface area contributed by atoms with Crippen LogP contribution in [0.2, 0.25) is 0 Å². The first-order chi connectivity index (χ1) is 17.1. The Morgan fingerprint density at radius 3 is 2.56 bits per heavy atom. The number of methoxy groups -OCH3 is 1. The molecule has 4 rings (SSSR count). The molecule has 7 heteroatoms. The first-order valence-corrected chi connectivity index (χ1v) is 13.6. The van der Waals surface area contributed by atoms with Crippen molar-refractivity contribution in [2.75, 3.05) is 39.8 Å². The molecule has 0 radical (unpaired) electrons. The van der Waals surface area contributed by atoms with E-state index in [2.05, 4.69) is 37.9 Å². The van der Waals surface area contributed by atoms with Gasteiger partial charge in [0.15, 0.2) is 0 Å². The Bertz CT molecular complexity index is 1080. The maximum Gasteiger partial charge on any atom is 0.271 e. The minimum atomic E-state index is -0.956. The topological polar surface area (TPSA) is 66.8 Å². The van der Waals surface area contributed by atoms with Gasteiger partial charge in [-0.25, -0.2) is 0 Å². The summed E-state index contributed by atoms with van der Waals surface area (Å²) < 4.78 is 7.43. The van der Waals surface area contributed by atoms with Crippen LogP contribution in [0.4, 0.5) is 0 Å². The molecule has 1 aromatic carbocycles. The molecule has 7 nitrogen and oxygen atoms in total. The van der Waals surface area contributed by atoms with Gasteiger partial charge in [-0.1, -0.05) is 27.7 Å². The normalized spacial score (nSPS) is 24.9. The monoisotopic (exact) mass is 496 g/mol. The predicted molar refractivity (Wildman–Crippen MR) is 144 cm³/mol. The van der Waals surface area contributed by atoms with Gasteiger partial charge in [-0.05, 0) is 68.7 Å². The number of piperidine rings is 1. The average Bonchev–Trinajstić information content (AvgIpc) is 3.18. The summed E-state index contributed by atoms with van der Waals surface area (Å²) in [6.45, 7) is 15.8. The molecule has 0 aliphatic carbocycles. The molecule has 2 aliphatic heterocycles. The van der Waals surface area contributed by atoms with Gasteiger partial charge in [0, 0.05) is 37.6 Å². The Morgan fingerprint density at radius 2 is 1.89 bits per heavy atom. The van der Waals surface area contributed by atoms with Crippen molar-refractivity contribution in [1.29, 1.82) is 0 Å². The van der Waals surface area contributed by atoms with Crippen molar-refractivity contribution in [2.45, 2.75) is 66.0 Å². The first-order valence-electron chi connectivity index (χ1n) is 13.6. The van der Waals surface area contributed by atoms with E-state index in [0.29, 0.717) is 31.2 Å². The largest absolute Gasteiger partial charge is 0.497 e. The van der Waals surface area contributed by atoms with Gasteiger partial charge in [0.05, 0.1) is 19.2 Å². The molecule has 2 amide bonds. The van der Waals surface area contributed by atoms with Crippen molar-refractivity contribution in [3.63, 3.8) is 0 Å². The van der Waals surface area contributed by atoms with Crippen LogP contribution in [0.5, 0.6) is 5.75 Å². The van der Waals surface area contributed by atoms with Crippen molar-refractivity contribution in [3.05, 3.63) is 30.0 Å². The minimum absolute atomic E-state index is 0.0737. The molecule has 0 spiro atoms. The molecule has 2 aromatic rings. The average molecular weight is 497 g/mol. The highest BCUT2D eigenvalue weighted by molar-refractivity contribution is 6.03. The van der Waals surface area contributed by atoms with E-state index in [4.69, 9.17) is 4.74 Å². The number of nitrogens with zero attached hydrogens (tertiary/aromatic N) is 3. The van der Waals surface area contributed by atoms with Crippen LogP contribution in [0.15, 0.2) is 24.3 Å². The fraction of sp³-hybridized carbons (Fsp3) is 0.655. The lowest BCUT2D eigenvalue weighted by molar-refractivity contribution is -0.132. The molecule has 198 valence electrons. The van der Waals surface area contributed by atoms with Crippen molar-refractivity contribution in [3.8, 4) is 5.75 Å². The number of likely N-dealkylation sites (tertiary alicyclic amines) is 1. The third kappa shape index (κ3) is 5.41. The summed E-state index contributed by atoms with van der Waals surface area (Å²) in [5.74, 6) is 2.49. The van der Waals surface area contributed by atoms with Crippen LogP contribution in [0, 0.1) is 17.8 Å². The number of benzene rings is 1. The van der Waals surface area contributed by atoms with Crippen molar-refractivity contribution < 1.29 is 14.3 Å². The van der Waals surface area contributed by atoms with E-state index in [-0.39, 0.29) is 11.8 Å². The van der Waals surface area contributed by atoms with E-state index in [1.807, 2.05) is 40.7 Å². The summed E-state index contributed by atoms with van der Waals surface area (Å²) in [6, 6.07) is 7.78. The second-order valence-electron chi connectivity index (χ2n) is 11.8. The maximum atomic E-state index is 13.8. The summed E-state index contributed by atoms with van der Waals surface area (Å²) in [5.41, 5.74) is 0.608. The van der Waals surface area contributed by atoms with Gasteiger partial charge in [-0.3, -0.25) is 9.59 Å². The molecular formula is C29H44N4O3. The van der Waals surface area contributed by atoms with Crippen LogP contribution < -0.4 is 10.1 Å². The fourth-order valence-corrected chi connectivity index (χ4v) is 6.06. The van der Waals surface area contributed by atoms with Crippen LogP contribution in [0.1, 0.15) is 64.4 Å². The van der Waals surface area contributed by atoms with Crippen molar-refractivity contribution in [2.24, 2.45) is 17.8 Å². The number of carbonyl (C=O) groups is 2. The molecule has 2 aliphatic rings. The maximum absolute atomic E-state index is 13.8. The van der Waals surface area contributed by atoms with Crippen molar-refractivity contribution >= 4 is 22.7 Å². The number of amides is 2. The molecular weight excluding hydrogens is 452 g/mol. The number of hydrogen-bond acceptors (Lipinski definition) is 4. The zero-order valence-electron chi connectivity index (χ0n) is 23.0. The van der Waals surface area contributed by atoms with Crippen LogP contribution >= 0.6 is 0 Å². The summed E-state index contributed by atoms with van der Waals surface area (Å²) in [5, 5.41) is 4.17. The summed E-state index contributed by atoms with van der Waals surface area (Å²) in [6.07, 6.45) is 3.07. The molecule has 0 unspecified atom stereocenters. The standard InChI is InChI=1S/C29H44N4O3/c1-20(2)10-13-33-27(34)26-15-23-8-9-24(36-6)16-25(23)32(26)19-29(33,5)28(35)30-11-7-12-31-17-21(3)14-22(4)18-31/h8-9,15-16,20-22H,7,10-14,17-19H2,1-6H3,(H,30,35)/t21-,22+,29-/m1/s1. The molecule has 1 saturated heterocycles. The quantitative estimate of drug-likeness (QED) is 0.523. The number of carbonyl (C=O) groups excluding carboxylic acids is 2. The Hall–Kier alpha value is -2.54. The predicted octanol–water partition coefficient (Wildman–Crippen LogP) is 4.39. The van der Waals surface area contributed by atoms with E-state index < -0.39 is 5.54 Å². The Morgan fingerprint density at radius 1 is 1.17 bits per heavy atom. The van der Waals surface area contributed by atoms with Gasteiger partial charge < -0.3 is 24.4 Å². The van der Waals surface area contributed by atoms with E-state index >= 15 is 0 Å². The number of ether oxygens (including phenoxy) is 1. The second kappa shape index (κ2) is 10.8. The minimum Gasteiger partial charge on any atom is -0.497 e. The molecule has 1 aromatic heterocycles. The highest BCUT2D eigenvalue weighted by Gasteiger charge is 2.47. The molecule has 0 saturated carbocycles. The summed E-state index contributed by atoms with van der Waals surface area (Å²) in [4.78, 5) is 31.8. The van der Waals surface area contributed by atoms with Gasteiger partial charge in [0.25, 0.3) is 5.91 Å². The lowest BCUT2D eigenvalue weighted by Gasteiger charge is -2.44. The van der Waals surface area contributed by atoms with Crippen LogP contribution in [0.3, 0.4) is 0 Å². The molecule has 3 heterocycles. The van der Waals surface area contributed by atoms with Crippen LogP contribution in [-0.2, 0) is 11.3 Å².